The Hall–Kier alpha value is -3.43. The highest BCUT2D eigenvalue weighted by Crippen LogP contribution is 2.29. The lowest BCUT2D eigenvalue weighted by Crippen LogP contribution is -2.36. The number of hydrogen-bond donors (Lipinski definition) is 2. The molecular weight excluding hydrogens is 443 g/mol. The summed E-state index contributed by atoms with van der Waals surface area (Å²) in [4.78, 5) is 47.6. The average Bonchev–Trinajstić information content (AvgIpc) is 2.83. The summed E-state index contributed by atoms with van der Waals surface area (Å²) in [6, 6.07) is 2.72. The Balaban J connectivity index is 1.68. The summed E-state index contributed by atoms with van der Waals surface area (Å²) in [7, 11) is 1.90. The van der Waals surface area contributed by atoms with Crippen molar-refractivity contribution in [2.24, 2.45) is 0 Å². The van der Waals surface area contributed by atoms with Crippen LogP contribution in [0.25, 0.3) is 0 Å². The third-order valence-corrected chi connectivity index (χ3v) is 6.42. The maximum Gasteiger partial charge on any atom is 0.341 e. The van der Waals surface area contributed by atoms with Crippen molar-refractivity contribution in [1.29, 1.82) is 0 Å². The van der Waals surface area contributed by atoms with Gasteiger partial charge in [0, 0.05) is 45.1 Å². The van der Waals surface area contributed by atoms with Gasteiger partial charge in [-0.1, -0.05) is 0 Å². The smallest absolute Gasteiger partial charge is 0.341 e. The number of benzene rings is 1. The predicted octanol–water partition coefficient (Wildman–Crippen LogP) is 2.10. The molecule has 9 nitrogen and oxygen atoms in total. The number of ketones is 1. The normalized spacial score (nSPS) is 16.9. The van der Waals surface area contributed by atoms with Gasteiger partial charge in [-0.2, -0.15) is 4.98 Å². The van der Waals surface area contributed by atoms with Gasteiger partial charge in [-0.3, -0.25) is 14.6 Å². The monoisotopic (exact) mass is 472 g/mol. The van der Waals surface area contributed by atoms with Gasteiger partial charge in [0.1, 0.15) is 23.2 Å². The van der Waals surface area contributed by atoms with Crippen LogP contribution in [0.3, 0.4) is 0 Å². The standard InChI is InChI=1S/C24H29FN4O5/c1-28-11-3-6-18-22(28)26-24(27-23(18)33)29-12-9-15(30)4-2-5-17-16(10-13-29)19(25)7-8-20(17)34-14-21(31)32/h7-8H,2-6,9-14H2,1H3,(H,31,32)(H,26,27,33). The van der Waals surface area contributed by atoms with Crippen LogP contribution in [0.4, 0.5) is 16.2 Å². The molecule has 4 rings (SSSR count). The molecule has 0 unspecified atom stereocenters. The van der Waals surface area contributed by atoms with Crippen molar-refractivity contribution in [3.8, 4) is 5.75 Å². The number of rotatable bonds is 4. The Labute approximate surface area is 196 Å². The van der Waals surface area contributed by atoms with Crippen LogP contribution < -0.4 is 20.1 Å². The van der Waals surface area contributed by atoms with Crippen molar-refractivity contribution < 1.29 is 23.8 Å². The Morgan fingerprint density at radius 3 is 2.62 bits per heavy atom. The second-order valence-corrected chi connectivity index (χ2v) is 8.78. The first-order valence-electron chi connectivity index (χ1n) is 11.6. The number of hydrogen-bond acceptors (Lipinski definition) is 7. The van der Waals surface area contributed by atoms with E-state index in [1.807, 2.05) is 16.8 Å². The number of carbonyl (C=O) groups is 2. The van der Waals surface area contributed by atoms with Crippen LogP contribution in [0, 0.1) is 5.82 Å². The number of Topliss-reactive ketones (excluding diaryl/α,β-unsaturated/α-hetero) is 1. The molecule has 0 spiro atoms. The molecule has 3 heterocycles. The fourth-order valence-electron chi connectivity index (χ4n) is 4.64. The van der Waals surface area contributed by atoms with Gasteiger partial charge >= 0.3 is 5.97 Å². The Morgan fingerprint density at radius 1 is 1.06 bits per heavy atom. The van der Waals surface area contributed by atoms with Gasteiger partial charge in [0.25, 0.3) is 5.56 Å². The van der Waals surface area contributed by atoms with E-state index < -0.39 is 18.4 Å². The average molecular weight is 473 g/mol. The summed E-state index contributed by atoms with van der Waals surface area (Å²) in [5, 5.41) is 8.98. The molecule has 0 amide bonds. The van der Waals surface area contributed by atoms with Crippen molar-refractivity contribution >= 4 is 23.5 Å². The van der Waals surface area contributed by atoms with E-state index in [-0.39, 0.29) is 24.2 Å². The first-order chi connectivity index (χ1) is 16.3. The van der Waals surface area contributed by atoms with Gasteiger partial charge in [-0.15, -0.1) is 0 Å². The number of nitrogens with one attached hydrogen (secondary N) is 1. The minimum atomic E-state index is -1.12. The van der Waals surface area contributed by atoms with Crippen LogP contribution in [-0.2, 0) is 28.9 Å². The molecular formula is C24H29FN4O5. The van der Waals surface area contributed by atoms with Crippen LogP contribution in [0.1, 0.15) is 42.4 Å². The fourth-order valence-corrected chi connectivity index (χ4v) is 4.64. The maximum absolute atomic E-state index is 14.9. The van der Waals surface area contributed by atoms with Crippen molar-refractivity contribution in [2.75, 3.05) is 43.1 Å². The number of carbonyl (C=O) groups excluding carboxylic acids is 1. The first kappa shape index (κ1) is 23.7. The second kappa shape index (κ2) is 10.2. The van der Waals surface area contributed by atoms with Crippen molar-refractivity contribution in [2.45, 2.75) is 44.9 Å². The summed E-state index contributed by atoms with van der Waals surface area (Å²) in [5.74, 6) is -0.140. The van der Waals surface area contributed by atoms with E-state index >= 15 is 0 Å². The molecule has 1 aromatic carbocycles. The minimum Gasteiger partial charge on any atom is -0.482 e. The Bertz CT molecular complexity index is 1150. The number of aromatic amines is 1. The molecule has 182 valence electrons. The Kier molecular flexibility index (Phi) is 7.14. The van der Waals surface area contributed by atoms with E-state index in [1.165, 1.54) is 12.1 Å². The van der Waals surface area contributed by atoms with E-state index in [4.69, 9.17) is 14.8 Å². The van der Waals surface area contributed by atoms with Gasteiger partial charge in [0.15, 0.2) is 6.61 Å². The molecule has 0 saturated heterocycles. The van der Waals surface area contributed by atoms with Crippen LogP contribution in [0.5, 0.6) is 5.75 Å². The summed E-state index contributed by atoms with van der Waals surface area (Å²) >= 11 is 0. The molecule has 2 aromatic rings. The molecule has 2 N–H and O–H groups in total. The lowest BCUT2D eigenvalue weighted by atomic mass is 9.97. The third-order valence-electron chi connectivity index (χ3n) is 6.42. The number of fused-ring (bicyclic) bond motifs is 2. The summed E-state index contributed by atoms with van der Waals surface area (Å²) in [6.07, 6.45) is 3.36. The lowest BCUT2D eigenvalue weighted by Gasteiger charge is -2.29. The molecule has 0 fully saturated rings. The van der Waals surface area contributed by atoms with Gasteiger partial charge < -0.3 is 19.6 Å². The summed E-state index contributed by atoms with van der Waals surface area (Å²) < 4.78 is 20.3. The van der Waals surface area contributed by atoms with Crippen molar-refractivity contribution in [3.63, 3.8) is 0 Å². The molecule has 10 heteroatoms. The number of nitrogens with zero attached hydrogens (tertiary/aromatic N) is 3. The maximum atomic E-state index is 14.9. The number of aliphatic carboxylic acids is 1. The summed E-state index contributed by atoms with van der Waals surface area (Å²) in [6.45, 7) is 0.956. The topological polar surface area (TPSA) is 116 Å². The van der Waals surface area contributed by atoms with Crippen molar-refractivity contribution in [1.82, 2.24) is 9.97 Å². The molecule has 34 heavy (non-hydrogen) atoms. The highest BCUT2D eigenvalue weighted by atomic mass is 19.1. The zero-order valence-corrected chi connectivity index (χ0v) is 19.2. The number of carboxylic acid groups (broad SMARTS) is 1. The van der Waals surface area contributed by atoms with E-state index in [2.05, 4.69) is 4.98 Å². The number of aromatic nitrogens is 2. The zero-order valence-electron chi connectivity index (χ0n) is 19.2. The SMILES string of the molecule is CN1CCCc2c1nc(N1CCC(=O)CCCc3c(OCC(=O)O)ccc(F)c3CC1)[nH]c2=O. The number of anilines is 2. The molecule has 0 radical (unpaired) electrons. The zero-order chi connectivity index (χ0) is 24.2. The number of H-pyrrole nitrogens is 1. The quantitative estimate of drug-likeness (QED) is 0.695. The summed E-state index contributed by atoms with van der Waals surface area (Å²) in [5.41, 5.74) is 1.48. The van der Waals surface area contributed by atoms with E-state index in [0.29, 0.717) is 73.0 Å². The van der Waals surface area contributed by atoms with E-state index in [0.717, 1.165) is 13.0 Å². The molecule has 2 aliphatic heterocycles. The third kappa shape index (κ3) is 5.21. The largest absolute Gasteiger partial charge is 0.482 e. The molecule has 0 aliphatic carbocycles. The van der Waals surface area contributed by atoms with Crippen molar-refractivity contribution in [3.05, 3.63) is 45.0 Å². The van der Waals surface area contributed by atoms with Gasteiger partial charge in [0.2, 0.25) is 5.95 Å². The van der Waals surface area contributed by atoms with Gasteiger partial charge in [-0.25, -0.2) is 9.18 Å². The Morgan fingerprint density at radius 2 is 1.82 bits per heavy atom. The van der Waals surface area contributed by atoms with E-state index in [1.54, 1.807) is 0 Å². The second-order valence-electron chi connectivity index (χ2n) is 8.78. The number of halogens is 1. The highest BCUT2D eigenvalue weighted by Gasteiger charge is 2.24. The predicted molar refractivity (Wildman–Crippen MR) is 124 cm³/mol. The van der Waals surface area contributed by atoms with Crippen LogP contribution in [0.15, 0.2) is 16.9 Å². The molecule has 0 atom stereocenters. The lowest BCUT2D eigenvalue weighted by molar-refractivity contribution is -0.139. The molecule has 0 bridgehead atoms. The van der Waals surface area contributed by atoms with Crippen LogP contribution in [0.2, 0.25) is 0 Å². The first-order valence-corrected chi connectivity index (χ1v) is 11.6. The van der Waals surface area contributed by atoms with Gasteiger partial charge in [0.05, 0.1) is 5.56 Å². The highest BCUT2D eigenvalue weighted by molar-refractivity contribution is 5.79. The van der Waals surface area contributed by atoms with Gasteiger partial charge in [-0.05, 0) is 49.8 Å². The molecule has 2 aliphatic rings. The van der Waals surface area contributed by atoms with Crippen LogP contribution >= 0.6 is 0 Å². The van der Waals surface area contributed by atoms with Crippen LogP contribution in [-0.4, -0.2) is 60.1 Å². The van der Waals surface area contributed by atoms with E-state index in [9.17, 15) is 18.8 Å². The number of ether oxygens (including phenoxy) is 1. The minimum absolute atomic E-state index is 0.0651. The fraction of sp³-hybridized carbons (Fsp3) is 0.500. The molecule has 1 aromatic heterocycles. The molecule has 0 saturated carbocycles. The number of carboxylic acids is 1.